The molecule has 0 aliphatic carbocycles. The van der Waals surface area contributed by atoms with Crippen molar-refractivity contribution in [2.45, 2.75) is 19.8 Å². The standard InChI is InChI=1S/C16H18BrN/c1-13-9-10-15(17)12-16(13)18-11-5-8-14-6-3-2-4-7-14/h2-4,6-7,9-10,12,18H,5,8,11H2,1H3. The minimum atomic E-state index is 1.01. The third-order valence-electron chi connectivity index (χ3n) is 3.00. The van der Waals surface area contributed by atoms with Gasteiger partial charge in [0.25, 0.3) is 0 Å². The van der Waals surface area contributed by atoms with Gasteiger partial charge in [0.15, 0.2) is 0 Å². The molecule has 94 valence electrons. The number of hydrogen-bond donors (Lipinski definition) is 1. The topological polar surface area (TPSA) is 12.0 Å². The van der Waals surface area contributed by atoms with Crippen LogP contribution in [0.5, 0.6) is 0 Å². The third kappa shape index (κ3) is 3.88. The maximum Gasteiger partial charge on any atom is 0.0381 e. The Morgan fingerprint density at radius 3 is 2.61 bits per heavy atom. The summed E-state index contributed by atoms with van der Waals surface area (Å²) in [6.45, 7) is 3.14. The lowest BCUT2D eigenvalue weighted by molar-refractivity contribution is 0.862. The van der Waals surface area contributed by atoms with Crippen LogP contribution in [0.2, 0.25) is 0 Å². The van der Waals surface area contributed by atoms with Gasteiger partial charge in [-0.1, -0.05) is 52.3 Å². The molecule has 18 heavy (non-hydrogen) atoms. The molecule has 1 N–H and O–H groups in total. The van der Waals surface area contributed by atoms with Crippen LogP contribution in [-0.2, 0) is 6.42 Å². The number of benzene rings is 2. The summed E-state index contributed by atoms with van der Waals surface area (Å²) in [5.74, 6) is 0. The van der Waals surface area contributed by atoms with E-state index in [4.69, 9.17) is 0 Å². The molecule has 0 heterocycles. The van der Waals surface area contributed by atoms with Crippen LogP contribution in [0.3, 0.4) is 0 Å². The molecule has 0 bridgehead atoms. The molecule has 0 saturated carbocycles. The van der Waals surface area contributed by atoms with Gasteiger partial charge in [-0.15, -0.1) is 0 Å². The zero-order chi connectivity index (χ0) is 12.8. The number of halogens is 1. The van der Waals surface area contributed by atoms with Crippen molar-refractivity contribution in [2.75, 3.05) is 11.9 Å². The van der Waals surface area contributed by atoms with Crippen molar-refractivity contribution < 1.29 is 0 Å². The van der Waals surface area contributed by atoms with Crippen molar-refractivity contribution in [3.63, 3.8) is 0 Å². The molecule has 0 atom stereocenters. The lowest BCUT2D eigenvalue weighted by atomic mass is 10.1. The first-order chi connectivity index (χ1) is 8.75. The second kappa shape index (κ2) is 6.60. The van der Waals surface area contributed by atoms with Gasteiger partial charge in [-0.3, -0.25) is 0 Å². The molecule has 0 aromatic heterocycles. The van der Waals surface area contributed by atoms with Crippen molar-refractivity contribution in [2.24, 2.45) is 0 Å². The highest BCUT2D eigenvalue weighted by atomic mass is 79.9. The summed E-state index contributed by atoms with van der Waals surface area (Å²) in [4.78, 5) is 0. The van der Waals surface area contributed by atoms with Gasteiger partial charge in [0, 0.05) is 16.7 Å². The van der Waals surface area contributed by atoms with Crippen LogP contribution < -0.4 is 5.32 Å². The number of anilines is 1. The van der Waals surface area contributed by atoms with Gasteiger partial charge in [-0.2, -0.15) is 0 Å². The van der Waals surface area contributed by atoms with Crippen LogP contribution in [0.1, 0.15) is 17.5 Å². The van der Waals surface area contributed by atoms with Crippen molar-refractivity contribution in [1.82, 2.24) is 0 Å². The Hall–Kier alpha value is -1.28. The molecule has 2 aromatic rings. The van der Waals surface area contributed by atoms with E-state index in [1.54, 1.807) is 0 Å². The summed E-state index contributed by atoms with van der Waals surface area (Å²) in [6, 6.07) is 17.0. The molecule has 2 aromatic carbocycles. The summed E-state index contributed by atoms with van der Waals surface area (Å²) >= 11 is 3.50. The second-order valence-electron chi connectivity index (χ2n) is 4.48. The Kier molecular flexibility index (Phi) is 4.82. The molecule has 0 saturated heterocycles. The minimum absolute atomic E-state index is 1.01. The van der Waals surface area contributed by atoms with E-state index in [0.717, 1.165) is 23.9 Å². The molecule has 1 nitrogen and oxygen atoms in total. The average molecular weight is 304 g/mol. The first kappa shape index (κ1) is 13.2. The smallest absolute Gasteiger partial charge is 0.0381 e. The van der Waals surface area contributed by atoms with Gasteiger partial charge >= 0.3 is 0 Å². The Labute approximate surface area is 117 Å². The van der Waals surface area contributed by atoms with Gasteiger partial charge in [0.2, 0.25) is 0 Å². The predicted octanol–water partition coefficient (Wildman–Crippen LogP) is 4.80. The molecule has 2 rings (SSSR count). The van der Waals surface area contributed by atoms with Gasteiger partial charge in [-0.25, -0.2) is 0 Å². The van der Waals surface area contributed by atoms with E-state index in [9.17, 15) is 0 Å². The zero-order valence-electron chi connectivity index (χ0n) is 10.6. The lowest BCUT2D eigenvalue weighted by Crippen LogP contribution is -2.04. The quantitative estimate of drug-likeness (QED) is 0.782. The van der Waals surface area contributed by atoms with E-state index in [2.05, 4.69) is 76.7 Å². The Morgan fingerprint density at radius 1 is 1.06 bits per heavy atom. The molecule has 0 aliphatic rings. The highest BCUT2D eigenvalue weighted by molar-refractivity contribution is 9.10. The SMILES string of the molecule is Cc1ccc(Br)cc1NCCCc1ccccc1. The van der Waals surface area contributed by atoms with Crippen LogP contribution in [0.15, 0.2) is 53.0 Å². The van der Waals surface area contributed by atoms with Crippen molar-refractivity contribution in [1.29, 1.82) is 0 Å². The maximum absolute atomic E-state index is 3.50. The predicted molar refractivity (Wildman–Crippen MR) is 82.1 cm³/mol. The fourth-order valence-corrected chi connectivity index (χ4v) is 2.31. The fraction of sp³-hybridized carbons (Fsp3) is 0.250. The Bertz CT molecular complexity index is 494. The van der Waals surface area contributed by atoms with Crippen LogP contribution >= 0.6 is 15.9 Å². The Balaban J connectivity index is 1.80. The molecule has 0 fully saturated rings. The molecule has 0 amide bonds. The number of rotatable bonds is 5. The van der Waals surface area contributed by atoms with E-state index < -0.39 is 0 Å². The normalized spacial score (nSPS) is 10.3. The van der Waals surface area contributed by atoms with E-state index in [0.29, 0.717) is 0 Å². The lowest BCUT2D eigenvalue weighted by Gasteiger charge is -2.10. The molecule has 0 unspecified atom stereocenters. The third-order valence-corrected chi connectivity index (χ3v) is 3.49. The minimum Gasteiger partial charge on any atom is -0.385 e. The summed E-state index contributed by atoms with van der Waals surface area (Å²) in [5.41, 5.74) is 3.92. The number of nitrogens with one attached hydrogen (secondary N) is 1. The van der Waals surface area contributed by atoms with Crippen molar-refractivity contribution >= 4 is 21.6 Å². The van der Waals surface area contributed by atoms with Gasteiger partial charge < -0.3 is 5.32 Å². The van der Waals surface area contributed by atoms with E-state index in [-0.39, 0.29) is 0 Å². The van der Waals surface area contributed by atoms with Gasteiger partial charge in [0.1, 0.15) is 0 Å². The average Bonchev–Trinajstić information content (AvgIpc) is 2.40. The molecular weight excluding hydrogens is 286 g/mol. The van der Waals surface area contributed by atoms with Crippen LogP contribution in [0.4, 0.5) is 5.69 Å². The Morgan fingerprint density at radius 2 is 1.83 bits per heavy atom. The van der Waals surface area contributed by atoms with Crippen LogP contribution in [0.25, 0.3) is 0 Å². The highest BCUT2D eigenvalue weighted by Gasteiger charge is 1.98. The fourth-order valence-electron chi connectivity index (χ4n) is 1.94. The van der Waals surface area contributed by atoms with E-state index >= 15 is 0 Å². The first-order valence-electron chi connectivity index (χ1n) is 6.29. The first-order valence-corrected chi connectivity index (χ1v) is 7.09. The second-order valence-corrected chi connectivity index (χ2v) is 5.39. The van der Waals surface area contributed by atoms with Crippen molar-refractivity contribution in [3.05, 3.63) is 64.1 Å². The molecule has 2 heteroatoms. The van der Waals surface area contributed by atoms with E-state index in [1.165, 1.54) is 16.8 Å². The van der Waals surface area contributed by atoms with Crippen LogP contribution in [-0.4, -0.2) is 6.54 Å². The monoisotopic (exact) mass is 303 g/mol. The summed E-state index contributed by atoms with van der Waals surface area (Å²) < 4.78 is 1.12. The van der Waals surface area contributed by atoms with Gasteiger partial charge in [0.05, 0.1) is 0 Å². The largest absolute Gasteiger partial charge is 0.385 e. The molecule has 0 aliphatic heterocycles. The maximum atomic E-state index is 3.50. The summed E-state index contributed by atoms with van der Waals surface area (Å²) in [6.07, 6.45) is 2.27. The zero-order valence-corrected chi connectivity index (χ0v) is 12.2. The molecule has 0 spiro atoms. The van der Waals surface area contributed by atoms with Crippen molar-refractivity contribution in [3.8, 4) is 0 Å². The molecular formula is C16H18BrN. The van der Waals surface area contributed by atoms with Crippen LogP contribution in [0, 0.1) is 6.92 Å². The molecule has 0 radical (unpaired) electrons. The van der Waals surface area contributed by atoms with E-state index in [1.807, 2.05) is 0 Å². The van der Waals surface area contributed by atoms with Gasteiger partial charge in [-0.05, 0) is 43.0 Å². The highest BCUT2D eigenvalue weighted by Crippen LogP contribution is 2.20. The number of aryl methyl sites for hydroxylation is 2. The summed E-state index contributed by atoms with van der Waals surface area (Å²) in [5, 5.41) is 3.49. The summed E-state index contributed by atoms with van der Waals surface area (Å²) in [7, 11) is 0. The number of hydrogen-bond acceptors (Lipinski definition) is 1.